The van der Waals surface area contributed by atoms with Gasteiger partial charge in [-0.05, 0) is 19.4 Å². The van der Waals surface area contributed by atoms with E-state index in [2.05, 4.69) is 32.4 Å². The lowest BCUT2D eigenvalue weighted by Crippen LogP contribution is -2.69. The van der Waals surface area contributed by atoms with Crippen LogP contribution in [0.5, 0.6) is 0 Å². The molecule has 0 saturated heterocycles. The molecule has 0 radical (unpaired) electrons. The van der Waals surface area contributed by atoms with Gasteiger partial charge in [0.15, 0.2) is 0 Å². The van der Waals surface area contributed by atoms with Crippen molar-refractivity contribution in [2.45, 2.75) is 67.6 Å². The lowest BCUT2D eigenvalue weighted by atomic mass is 9.51. The number of carbonyl (C=O) groups excluding carboxylic acids is 1. The average molecular weight is 734 g/mol. The molecule has 0 atom stereocenters. The van der Waals surface area contributed by atoms with Crippen molar-refractivity contribution >= 4 is 6.29 Å². The van der Waals surface area contributed by atoms with Gasteiger partial charge in [-0.2, -0.15) is 0 Å². The van der Waals surface area contributed by atoms with Crippen molar-refractivity contribution in [3.8, 4) is 0 Å². The van der Waals surface area contributed by atoms with Crippen LogP contribution < -0.4 is 0 Å². The van der Waals surface area contributed by atoms with Gasteiger partial charge >= 0.3 is 0 Å². The van der Waals surface area contributed by atoms with E-state index >= 15 is 0 Å². The molecular weight excluding hydrogens is 656 g/mol. The summed E-state index contributed by atoms with van der Waals surface area (Å²) >= 11 is 0. The molecule has 0 spiro atoms. The molecule has 0 aromatic carbocycles. The molecular formula is C36H77O14+. The number of aliphatic hydroxyl groups excluding tert-OH is 1. The van der Waals surface area contributed by atoms with Gasteiger partial charge in [-0.25, -0.2) is 0 Å². The van der Waals surface area contributed by atoms with Gasteiger partial charge in [-0.15, -0.1) is 0 Å². The summed E-state index contributed by atoms with van der Waals surface area (Å²) in [6.07, 6.45) is 2.95. The number of rotatable bonds is 27. The Bertz CT molecular complexity index is 665. The van der Waals surface area contributed by atoms with Crippen LogP contribution in [0.2, 0.25) is 0 Å². The summed E-state index contributed by atoms with van der Waals surface area (Å²) in [4.78, 5) is 9.50. The number of aldehydes is 1. The summed E-state index contributed by atoms with van der Waals surface area (Å²) in [5, 5.41) is 8.20. The Morgan fingerprint density at radius 2 is 0.880 bits per heavy atom. The van der Waals surface area contributed by atoms with Crippen LogP contribution in [0.4, 0.5) is 0 Å². The van der Waals surface area contributed by atoms with E-state index in [4.69, 9.17) is 52.5 Å². The summed E-state index contributed by atoms with van der Waals surface area (Å²) in [5.74, 6) is 0.204. The molecule has 0 heterocycles. The van der Waals surface area contributed by atoms with Crippen LogP contribution in [-0.2, 0) is 62.4 Å². The first-order valence-corrected chi connectivity index (χ1v) is 17.2. The third-order valence-electron chi connectivity index (χ3n) is 6.63. The molecule has 0 bridgehead atoms. The zero-order chi connectivity index (χ0) is 37.8. The first-order valence-electron chi connectivity index (χ1n) is 17.2. The first kappa shape index (κ1) is 55.5. The molecule has 1 saturated carbocycles. The highest BCUT2D eigenvalue weighted by atomic mass is 16.6. The quantitative estimate of drug-likeness (QED) is 0.0565. The Balaban J connectivity index is -0.000000338. The number of ether oxygens (including phenoxy) is 11. The van der Waals surface area contributed by atoms with Gasteiger partial charge in [0.1, 0.15) is 12.9 Å². The highest BCUT2D eigenvalue weighted by Crippen LogP contribution is 2.57. The zero-order valence-electron chi connectivity index (χ0n) is 33.6. The summed E-state index contributed by atoms with van der Waals surface area (Å²) in [6, 6.07) is 0. The van der Waals surface area contributed by atoms with Gasteiger partial charge in [0, 0.05) is 45.2 Å². The highest BCUT2D eigenvalue weighted by Gasteiger charge is 2.63. The molecule has 14 heteroatoms. The number of hydrogen-bond donors (Lipinski definition) is 1. The van der Waals surface area contributed by atoms with Crippen molar-refractivity contribution in [2.24, 2.45) is 16.7 Å². The smallest absolute Gasteiger partial charge is 0.122 e. The number of aliphatic hydroxyl groups is 1. The molecule has 1 rings (SSSR count). The summed E-state index contributed by atoms with van der Waals surface area (Å²) < 4.78 is 57.7. The van der Waals surface area contributed by atoms with Gasteiger partial charge < -0.3 is 67.5 Å². The Kier molecular flexibility index (Phi) is 43.2. The second-order valence-corrected chi connectivity index (χ2v) is 12.7. The van der Waals surface area contributed by atoms with Crippen molar-refractivity contribution < 1.29 is 67.5 Å². The molecule has 4 N–H and O–H groups in total. The van der Waals surface area contributed by atoms with E-state index in [1.165, 1.54) is 0 Å². The topological polar surface area (TPSA) is 172 Å². The van der Waals surface area contributed by atoms with E-state index in [9.17, 15) is 4.79 Å². The van der Waals surface area contributed by atoms with Crippen molar-refractivity contribution in [2.75, 3.05) is 134 Å². The molecule has 1 aliphatic rings. The number of carbonyl (C=O) groups is 1. The minimum Gasteiger partial charge on any atom is -0.499 e. The predicted octanol–water partition coefficient (Wildman–Crippen LogP) is 3.30. The lowest BCUT2D eigenvalue weighted by molar-refractivity contribution is -0.286. The van der Waals surface area contributed by atoms with Crippen molar-refractivity contribution in [3.63, 3.8) is 0 Å². The second-order valence-electron chi connectivity index (χ2n) is 12.7. The fraction of sp³-hybridized carbons (Fsp3) is 0.917. The highest BCUT2D eigenvalue weighted by molar-refractivity contribution is 5.51. The zero-order valence-corrected chi connectivity index (χ0v) is 33.6. The normalized spacial score (nSPS) is 16.6. The van der Waals surface area contributed by atoms with Gasteiger partial charge in [-0.3, -0.25) is 0 Å². The van der Waals surface area contributed by atoms with Crippen LogP contribution in [-0.4, -0.2) is 158 Å². The van der Waals surface area contributed by atoms with Gasteiger partial charge in [0.2, 0.25) is 0 Å². The maximum absolute atomic E-state index is 9.50. The molecule has 1 aliphatic carbocycles. The Labute approximate surface area is 304 Å². The van der Waals surface area contributed by atoms with Crippen LogP contribution in [0.15, 0.2) is 11.8 Å². The van der Waals surface area contributed by atoms with Gasteiger partial charge in [-0.1, -0.05) is 41.5 Å². The van der Waals surface area contributed by atoms with Crippen LogP contribution >= 0.6 is 0 Å². The predicted molar refractivity (Wildman–Crippen MR) is 196 cm³/mol. The fourth-order valence-electron chi connectivity index (χ4n) is 4.78. The van der Waals surface area contributed by atoms with Crippen molar-refractivity contribution in [1.82, 2.24) is 0 Å². The molecule has 0 unspecified atom stereocenters. The number of methoxy groups -OCH3 is 4. The first-order chi connectivity index (χ1) is 23.3. The lowest BCUT2D eigenvalue weighted by Gasteiger charge is -2.62. The SMILES string of the molecule is CC(C)C=O.COCCOCCO.COCCOCCOC1C(C)(C)C(OCCOCCOC)C1(C)C.COCCOCCOC=C(C)C.[OH3+]. The minimum absolute atomic E-state index is 0. The molecule has 0 amide bonds. The Morgan fingerprint density at radius 3 is 1.16 bits per heavy atom. The molecule has 1 fully saturated rings. The minimum atomic E-state index is -0.0252. The third-order valence-corrected chi connectivity index (χ3v) is 6.63. The van der Waals surface area contributed by atoms with E-state index < -0.39 is 0 Å². The number of allylic oxidation sites excluding steroid dienone is 1. The molecule has 0 aromatic rings. The van der Waals surface area contributed by atoms with E-state index in [0.717, 1.165) is 11.9 Å². The summed E-state index contributed by atoms with van der Waals surface area (Å²) in [7, 11) is 6.61. The molecule has 304 valence electrons. The van der Waals surface area contributed by atoms with Gasteiger partial charge in [0.25, 0.3) is 0 Å². The molecule has 14 nitrogen and oxygen atoms in total. The van der Waals surface area contributed by atoms with Crippen LogP contribution in [0.1, 0.15) is 55.4 Å². The summed E-state index contributed by atoms with van der Waals surface area (Å²) in [6.45, 7) is 25.4. The molecule has 0 aromatic heterocycles. The Hall–Kier alpha value is -1.27. The standard InChI is InChI=1S/C18H36O6.C9H18O3.C5H12O3.C4H8O.H2O/c1-17(2)15(23-13-11-21-9-7-19-5)18(3,4)16(17)24-14-12-22-10-8-20-6;1-9(2)8-12-7-6-11-5-4-10-3;1-7-4-5-8-3-2-6;1-4(2)3-5;/h15-16H,7-14H2,1-6H3;8H,4-7H2,1-3H3;6H,2-5H2,1H3;3-4H,1-2H3;1H2/p+1. The second kappa shape index (κ2) is 38.9. The van der Waals surface area contributed by atoms with E-state index in [1.807, 2.05) is 27.7 Å². The van der Waals surface area contributed by atoms with E-state index in [0.29, 0.717) is 99.1 Å². The summed E-state index contributed by atoms with van der Waals surface area (Å²) in [5.41, 5.74) is 1.11. The maximum Gasteiger partial charge on any atom is 0.122 e. The number of hydrogen-bond acceptors (Lipinski definition) is 13. The molecule has 50 heavy (non-hydrogen) atoms. The molecule has 0 aliphatic heterocycles. The Morgan fingerprint density at radius 1 is 0.580 bits per heavy atom. The average Bonchev–Trinajstić information content (AvgIpc) is 3.06. The largest absolute Gasteiger partial charge is 0.499 e. The van der Waals surface area contributed by atoms with Crippen molar-refractivity contribution in [1.29, 1.82) is 0 Å². The van der Waals surface area contributed by atoms with E-state index in [-0.39, 0.29) is 41.0 Å². The maximum atomic E-state index is 9.50. The van der Waals surface area contributed by atoms with Crippen LogP contribution in [0, 0.1) is 16.7 Å². The van der Waals surface area contributed by atoms with E-state index in [1.54, 1.807) is 34.7 Å². The van der Waals surface area contributed by atoms with Crippen LogP contribution in [0.3, 0.4) is 0 Å². The van der Waals surface area contributed by atoms with Crippen molar-refractivity contribution in [3.05, 3.63) is 11.8 Å². The van der Waals surface area contributed by atoms with Crippen LogP contribution in [0.25, 0.3) is 0 Å². The monoisotopic (exact) mass is 734 g/mol. The van der Waals surface area contributed by atoms with Gasteiger partial charge in [0.05, 0.1) is 118 Å². The fourth-order valence-corrected chi connectivity index (χ4v) is 4.78. The third kappa shape index (κ3) is 32.6.